The van der Waals surface area contributed by atoms with Crippen LogP contribution in [-0.4, -0.2) is 12.5 Å². The van der Waals surface area contributed by atoms with Crippen LogP contribution in [-0.2, 0) is 4.79 Å². The summed E-state index contributed by atoms with van der Waals surface area (Å²) in [6, 6.07) is 10.4. The number of nitrogens with two attached hydrogens (primary N) is 1. The molecule has 0 aliphatic carbocycles. The monoisotopic (exact) mass is 368 g/mol. The van der Waals surface area contributed by atoms with E-state index in [4.69, 9.17) is 22.1 Å². The summed E-state index contributed by atoms with van der Waals surface area (Å²) in [6.07, 6.45) is 0. The van der Waals surface area contributed by atoms with Crippen LogP contribution in [0.15, 0.2) is 40.9 Å². The average molecular weight is 370 g/mol. The van der Waals surface area contributed by atoms with E-state index in [2.05, 4.69) is 21.2 Å². The van der Waals surface area contributed by atoms with Crippen LogP contribution in [0.25, 0.3) is 0 Å². The number of carbonyl (C=O) groups is 1. The van der Waals surface area contributed by atoms with Gasteiger partial charge < -0.3 is 15.8 Å². The first-order chi connectivity index (χ1) is 9.95. The van der Waals surface area contributed by atoms with Crippen molar-refractivity contribution in [2.24, 2.45) is 0 Å². The lowest BCUT2D eigenvalue weighted by atomic mass is 10.2. The van der Waals surface area contributed by atoms with Crippen molar-refractivity contribution in [3.63, 3.8) is 0 Å². The molecule has 0 saturated carbocycles. The Hall–Kier alpha value is -1.72. The normalized spacial score (nSPS) is 10.2. The minimum atomic E-state index is -0.255. The number of nitrogens with one attached hydrogen (secondary N) is 1. The number of halogens is 2. The molecular formula is C15H14BrClN2O2. The number of amides is 1. The van der Waals surface area contributed by atoms with Gasteiger partial charge in [0.1, 0.15) is 5.75 Å². The van der Waals surface area contributed by atoms with Crippen molar-refractivity contribution in [3.8, 4) is 5.75 Å². The lowest BCUT2D eigenvalue weighted by Crippen LogP contribution is -2.20. The topological polar surface area (TPSA) is 64.3 Å². The summed E-state index contributed by atoms with van der Waals surface area (Å²) in [7, 11) is 0. The summed E-state index contributed by atoms with van der Waals surface area (Å²) in [6.45, 7) is 1.79. The zero-order valence-electron chi connectivity index (χ0n) is 11.3. The smallest absolute Gasteiger partial charge is 0.262 e. The Morgan fingerprint density at radius 2 is 2.10 bits per heavy atom. The van der Waals surface area contributed by atoms with Crippen LogP contribution >= 0.6 is 27.5 Å². The van der Waals surface area contributed by atoms with Crippen LogP contribution in [0.2, 0.25) is 5.02 Å². The van der Waals surface area contributed by atoms with E-state index in [1.165, 1.54) is 0 Å². The Kier molecular flexibility index (Phi) is 5.09. The third kappa shape index (κ3) is 4.37. The SMILES string of the molecule is Cc1cc(Cl)ccc1OCC(=O)Nc1ccc(N)cc1Br. The van der Waals surface area contributed by atoms with Crippen LogP contribution in [0.4, 0.5) is 11.4 Å². The van der Waals surface area contributed by atoms with Gasteiger partial charge in [0.2, 0.25) is 0 Å². The maximum Gasteiger partial charge on any atom is 0.262 e. The van der Waals surface area contributed by atoms with Gasteiger partial charge >= 0.3 is 0 Å². The van der Waals surface area contributed by atoms with Crippen LogP contribution in [0, 0.1) is 6.92 Å². The second kappa shape index (κ2) is 6.83. The van der Waals surface area contributed by atoms with Crippen LogP contribution in [0.3, 0.4) is 0 Å². The molecule has 0 fully saturated rings. The Bertz CT molecular complexity index is 677. The van der Waals surface area contributed by atoms with Gasteiger partial charge in [0.05, 0.1) is 5.69 Å². The van der Waals surface area contributed by atoms with Crippen LogP contribution < -0.4 is 15.8 Å². The number of anilines is 2. The predicted octanol–water partition coefficient (Wildman–Crippen LogP) is 4.01. The zero-order valence-corrected chi connectivity index (χ0v) is 13.7. The number of rotatable bonds is 4. The molecule has 0 aliphatic rings. The van der Waals surface area contributed by atoms with Gasteiger partial charge in [0.15, 0.2) is 6.61 Å². The van der Waals surface area contributed by atoms with Crippen molar-refractivity contribution in [2.45, 2.75) is 6.92 Å². The minimum Gasteiger partial charge on any atom is -0.483 e. The maximum atomic E-state index is 11.9. The molecular weight excluding hydrogens is 356 g/mol. The van der Waals surface area contributed by atoms with E-state index < -0.39 is 0 Å². The molecule has 3 N–H and O–H groups in total. The summed E-state index contributed by atoms with van der Waals surface area (Å²) in [5, 5.41) is 3.38. The van der Waals surface area contributed by atoms with E-state index >= 15 is 0 Å². The van der Waals surface area contributed by atoms with E-state index in [1.54, 1.807) is 36.4 Å². The molecule has 0 radical (unpaired) electrons. The number of carbonyl (C=O) groups excluding carboxylic acids is 1. The second-order valence-corrected chi connectivity index (χ2v) is 5.78. The fourth-order valence-electron chi connectivity index (χ4n) is 1.74. The van der Waals surface area contributed by atoms with E-state index in [0.717, 1.165) is 10.0 Å². The van der Waals surface area contributed by atoms with Crippen LogP contribution in [0.1, 0.15) is 5.56 Å². The van der Waals surface area contributed by atoms with Crippen molar-refractivity contribution < 1.29 is 9.53 Å². The predicted molar refractivity (Wildman–Crippen MR) is 88.9 cm³/mol. The van der Waals surface area contributed by atoms with Gasteiger partial charge in [-0.3, -0.25) is 4.79 Å². The Morgan fingerprint density at radius 3 is 2.76 bits per heavy atom. The largest absolute Gasteiger partial charge is 0.483 e. The molecule has 21 heavy (non-hydrogen) atoms. The van der Waals surface area contributed by atoms with Gasteiger partial charge in [-0.15, -0.1) is 0 Å². The van der Waals surface area contributed by atoms with E-state index in [-0.39, 0.29) is 12.5 Å². The molecule has 0 heterocycles. The van der Waals surface area contributed by atoms with Crippen LogP contribution in [0.5, 0.6) is 5.75 Å². The molecule has 1 amide bonds. The number of ether oxygens (including phenoxy) is 1. The average Bonchev–Trinajstić information content (AvgIpc) is 2.41. The number of benzene rings is 2. The van der Waals surface area contributed by atoms with Gasteiger partial charge in [0, 0.05) is 15.2 Å². The van der Waals surface area contributed by atoms with E-state index in [1.807, 2.05) is 6.92 Å². The van der Waals surface area contributed by atoms with Gasteiger partial charge in [-0.05, 0) is 64.8 Å². The first kappa shape index (κ1) is 15.7. The molecule has 0 saturated heterocycles. The first-order valence-corrected chi connectivity index (χ1v) is 7.36. The molecule has 0 unspecified atom stereocenters. The fraction of sp³-hybridized carbons (Fsp3) is 0.133. The highest BCUT2D eigenvalue weighted by Gasteiger charge is 2.08. The summed E-state index contributed by atoms with van der Waals surface area (Å²) >= 11 is 9.21. The molecule has 0 aliphatic heterocycles. The summed E-state index contributed by atoms with van der Waals surface area (Å²) < 4.78 is 6.20. The van der Waals surface area contributed by atoms with Gasteiger partial charge in [0.25, 0.3) is 5.91 Å². The lowest BCUT2D eigenvalue weighted by Gasteiger charge is -2.11. The first-order valence-electron chi connectivity index (χ1n) is 6.19. The number of aryl methyl sites for hydroxylation is 1. The standard InChI is InChI=1S/C15H14BrClN2O2/c1-9-6-10(17)2-5-14(9)21-8-15(20)19-13-4-3-11(18)7-12(13)16/h2-7H,8,18H2,1H3,(H,19,20). The van der Waals surface area contributed by atoms with Crippen molar-refractivity contribution in [1.82, 2.24) is 0 Å². The van der Waals surface area contributed by atoms with Gasteiger partial charge in [-0.25, -0.2) is 0 Å². The quantitative estimate of drug-likeness (QED) is 0.800. The molecule has 2 aromatic carbocycles. The number of hydrogen-bond donors (Lipinski definition) is 2. The van der Waals surface area contributed by atoms with E-state index in [9.17, 15) is 4.79 Å². The van der Waals surface area contributed by atoms with Gasteiger partial charge in [-0.1, -0.05) is 11.6 Å². The maximum absolute atomic E-state index is 11.9. The molecule has 0 bridgehead atoms. The molecule has 2 aromatic rings. The Balaban J connectivity index is 1.96. The second-order valence-electron chi connectivity index (χ2n) is 4.49. The Morgan fingerprint density at radius 1 is 1.33 bits per heavy atom. The molecule has 2 rings (SSSR count). The molecule has 0 spiro atoms. The molecule has 110 valence electrons. The molecule has 6 heteroatoms. The summed E-state index contributed by atoms with van der Waals surface area (Å²) in [5.74, 6) is 0.376. The number of hydrogen-bond acceptors (Lipinski definition) is 3. The van der Waals surface area contributed by atoms with Crippen molar-refractivity contribution in [3.05, 3.63) is 51.5 Å². The fourth-order valence-corrected chi connectivity index (χ4v) is 2.46. The highest BCUT2D eigenvalue weighted by Crippen LogP contribution is 2.25. The van der Waals surface area contributed by atoms with Crippen molar-refractivity contribution in [1.29, 1.82) is 0 Å². The van der Waals surface area contributed by atoms with Crippen molar-refractivity contribution >= 4 is 44.8 Å². The minimum absolute atomic E-state index is 0.0840. The summed E-state index contributed by atoms with van der Waals surface area (Å²) in [5.41, 5.74) is 7.78. The molecule has 4 nitrogen and oxygen atoms in total. The number of nitrogen functional groups attached to an aromatic ring is 1. The molecule has 0 aromatic heterocycles. The lowest BCUT2D eigenvalue weighted by molar-refractivity contribution is -0.118. The van der Waals surface area contributed by atoms with E-state index in [0.29, 0.717) is 22.1 Å². The third-order valence-corrected chi connectivity index (χ3v) is 3.65. The zero-order chi connectivity index (χ0) is 15.4. The molecule has 0 atom stereocenters. The Labute approximate surface area is 136 Å². The highest BCUT2D eigenvalue weighted by atomic mass is 79.9. The van der Waals surface area contributed by atoms with Crippen molar-refractivity contribution in [2.75, 3.05) is 17.7 Å². The van der Waals surface area contributed by atoms with Gasteiger partial charge in [-0.2, -0.15) is 0 Å². The summed E-state index contributed by atoms with van der Waals surface area (Å²) in [4.78, 5) is 11.9. The highest BCUT2D eigenvalue weighted by molar-refractivity contribution is 9.10. The third-order valence-electron chi connectivity index (χ3n) is 2.76.